The zero-order valence-electron chi connectivity index (χ0n) is 14.3. The smallest absolute Gasteiger partial charge is 0.327 e. The molecule has 24 heavy (non-hydrogen) atoms. The van der Waals surface area contributed by atoms with Gasteiger partial charge in [-0.3, -0.25) is 0 Å². The van der Waals surface area contributed by atoms with E-state index >= 15 is 0 Å². The van der Waals surface area contributed by atoms with E-state index in [-0.39, 0.29) is 0 Å². The van der Waals surface area contributed by atoms with Crippen LogP contribution in [-0.4, -0.2) is 19.2 Å². The Morgan fingerprint density at radius 3 is 2.46 bits per heavy atom. The van der Waals surface area contributed by atoms with E-state index in [1.54, 1.807) is 0 Å². The highest BCUT2D eigenvalue weighted by atomic mass is 16.9. The first-order valence-electron chi connectivity index (χ1n) is 8.51. The molecule has 3 rings (SSSR count). The van der Waals surface area contributed by atoms with Crippen LogP contribution in [0, 0.1) is 0 Å². The van der Waals surface area contributed by atoms with Crippen LogP contribution in [0.15, 0.2) is 48.5 Å². The average molecular weight is 328 g/mol. The van der Waals surface area contributed by atoms with Crippen molar-refractivity contribution >= 4 is 0 Å². The molecule has 0 atom stereocenters. The van der Waals surface area contributed by atoms with Crippen molar-refractivity contribution in [3.63, 3.8) is 0 Å². The fraction of sp³-hybridized carbons (Fsp3) is 0.400. The second kappa shape index (κ2) is 7.69. The molecule has 0 radical (unpaired) electrons. The van der Waals surface area contributed by atoms with Gasteiger partial charge in [-0.2, -0.15) is 0 Å². The quantitative estimate of drug-likeness (QED) is 0.710. The molecule has 0 bridgehead atoms. The molecule has 0 N–H and O–H groups in total. The van der Waals surface area contributed by atoms with Crippen molar-refractivity contribution in [3.05, 3.63) is 59.7 Å². The first-order valence-corrected chi connectivity index (χ1v) is 8.51. The van der Waals surface area contributed by atoms with E-state index in [4.69, 9.17) is 18.9 Å². The molecule has 4 nitrogen and oxygen atoms in total. The third-order valence-corrected chi connectivity index (χ3v) is 3.97. The Kier molecular flexibility index (Phi) is 5.38. The zero-order valence-corrected chi connectivity index (χ0v) is 14.3. The second-order valence-corrected chi connectivity index (χ2v) is 5.69. The molecule has 0 aliphatic carbocycles. The molecule has 1 aliphatic heterocycles. The molecule has 1 heterocycles. The topological polar surface area (TPSA) is 36.9 Å². The van der Waals surface area contributed by atoms with Crippen molar-refractivity contribution in [2.75, 3.05) is 13.2 Å². The van der Waals surface area contributed by atoms with E-state index in [2.05, 4.69) is 12.1 Å². The maximum atomic E-state index is 6.02. The fourth-order valence-corrected chi connectivity index (χ4v) is 2.87. The van der Waals surface area contributed by atoms with Crippen LogP contribution >= 0.6 is 0 Å². The number of hydrogen-bond acceptors (Lipinski definition) is 4. The van der Waals surface area contributed by atoms with Crippen LogP contribution in [-0.2, 0) is 22.5 Å². The molecule has 2 aromatic rings. The summed E-state index contributed by atoms with van der Waals surface area (Å²) in [4.78, 5) is 0. The minimum atomic E-state index is -0.955. The van der Waals surface area contributed by atoms with Crippen LogP contribution in [0.1, 0.15) is 31.4 Å². The molecule has 0 fully saturated rings. The Morgan fingerprint density at radius 1 is 1.00 bits per heavy atom. The van der Waals surface area contributed by atoms with Gasteiger partial charge in [0.05, 0.1) is 13.2 Å². The number of aryl methyl sites for hydroxylation is 1. The lowest BCUT2D eigenvalue weighted by atomic mass is 10.0. The van der Waals surface area contributed by atoms with Crippen molar-refractivity contribution in [1.82, 2.24) is 0 Å². The normalized spacial score (nSPS) is 15.4. The molecular formula is C20H24O4. The summed E-state index contributed by atoms with van der Waals surface area (Å²) in [6.45, 7) is 5.55. The molecule has 0 aromatic heterocycles. The van der Waals surface area contributed by atoms with E-state index in [1.165, 1.54) is 0 Å². The number of ether oxygens (including phenoxy) is 4. The van der Waals surface area contributed by atoms with E-state index in [0.717, 1.165) is 29.0 Å². The Morgan fingerprint density at radius 2 is 1.75 bits per heavy atom. The molecule has 2 aromatic carbocycles. The summed E-state index contributed by atoms with van der Waals surface area (Å²) in [7, 11) is 0. The number of rotatable bonds is 7. The highest BCUT2D eigenvalue weighted by molar-refractivity contribution is 5.42. The Balaban J connectivity index is 1.69. The second-order valence-electron chi connectivity index (χ2n) is 5.69. The average Bonchev–Trinajstić information content (AvgIpc) is 2.61. The fourth-order valence-electron chi connectivity index (χ4n) is 2.87. The van der Waals surface area contributed by atoms with E-state index < -0.39 is 5.97 Å². The van der Waals surface area contributed by atoms with Gasteiger partial charge in [-0.25, -0.2) is 0 Å². The van der Waals surface area contributed by atoms with Gasteiger partial charge in [0, 0.05) is 6.42 Å². The van der Waals surface area contributed by atoms with Gasteiger partial charge < -0.3 is 18.9 Å². The van der Waals surface area contributed by atoms with Crippen molar-refractivity contribution in [2.24, 2.45) is 0 Å². The summed E-state index contributed by atoms with van der Waals surface area (Å²) >= 11 is 0. The molecule has 0 saturated carbocycles. The summed E-state index contributed by atoms with van der Waals surface area (Å²) < 4.78 is 23.4. The maximum absolute atomic E-state index is 6.02. The summed E-state index contributed by atoms with van der Waals surface area (Å²) in [6.07, 6.45) is 1.50. The van der Waals surface area contributed by atoms with Crippen molar-refractivity contribution in [1.29, 1.82) is 0 Å². The molecule has 0 unspecified atom stereocenters. The first kappa shape index (κ1) is 16.8. The third-order valence-electron chi connectivity index (χ3n) is 3.97. The standard InChI is InChI=1S/C20H24O4/c1-3-22-20(23-4-2)13-12-17-14-18(10-11-19(17)24-20)21-15-16-8-6-5-7-9-16/h5-11,14H,3-4,12-13,15H2,1-2H3. The molecule has 0 amide bonds. The van der Waals surface area contributed by atoms with Gasteiger partial charge in [-0.05, 0) is 49.6 Å². The van der Waals surface area contributed by atoms with Crippen LogP contribution in [0.25, 0.3) is 0 Å². The minimum Gasteiger partial charge on any atom is -0.489 e. The van der Waals surface area contributed by atoms with Crippen LogP contribution < -0.4 is 9.47 Å². The Labute approximate surface area is 143 Å². The molecule has 0 spiro atoms. The minimum absolute atomic E-state index is 0.549. The van der Waals surface area contributed by atoms with Gasteiger partial charge in [-0.15, -0.1) is 0 Å². The SMILES string of the molecule is CCOC1(OCC)CCc2cc(OCc3ccccc3)ccc2O1. The van der Waals surface area contributed by atoms with Gasteiger partial charge in [-0.1, -0.05) is 30.3 Å². The molecule has 0 saturated heterocycles. The van der Waals surface area contributed by atoms with Crippen LogP contribution in [0.3, 0.4) is 0 Å². The highest BCUT2D eigenvalue weighted by Gasteiger charge is 2.38. The summed E-state index contributed by atoms with van der Waals surface area (Å²) in [5.41, 5.74) is 2.27. The van der Waals surface area contributed by atoms with Crippen molar-refractivity contribution in [2.45, 2.75) is 39.3 Å². The van der Waals surface area contributed by atoms with Crippen molar-refractivity contribution < 1.29 is 18.9 Å². The van der Waals surface area contributed by atoms with Crippen LogP contribution in [0.5, 0.6) is 11.5 Å². The monoisotopic (exact) mass is 328 g/mol. The zero-order chi connectivity index (χ0) is 16.8. The van der Waals surface area contributed by atoms with Crippen LogP contribution in [0.2, 0.25) is 0 Å². The lowest BCUT2D eigenvalue weighted by Gasteiger charge is -2.37. The Bertz CT molecular complexity index is 648. The largest absolute Gasteiger partial charge is 0.489 e. The van der Waals surface area contributed by atoms with Gasteiger partial charge in [0.25, 0.3) is 0 Å². The molecular weight excluding hydrogens is 304 g/mol. The maximum Gasteiger partial charge on any atom is 0.327 e. The number of hydrogen-bond donors (Lipinski definition) is 0. The molecule has 128 valence electrons. The summed E-state index contributed by atoms with van der Waals surface area (Å²) in [5, 5.41) is 0. The van der Waals surface area contributed by atoms with Crippen LogP contribution in [0.4, 0.5) is 0 Å². The Hall–Kier alpha value is -2.04. The summed E-state index contributed by atoms with van der Waals surface area (Å²) in [6, 6.07) is 16.0. The van der Waals surface area contributed by atoms with E-state index in [0.29, 0.717) is 26.2 Å². The molecule has 4 heteroatoms. The number of benzene rings is 2. The highest BCUT2D eigenvalue weighted by Crippen LogP contribution is 2.37. The van der Waals surface area contributed by atoms with E-state index in [1.807, 2.05) is 50.2 Å². The summed E-state index contributed by atoms with van der Waals surface area (Å²) in [5.74, 6) is 0.694. The predicted octanol–water partition coefficient (Wildman–Crippen LogP) is 4.32. The molecule has 1 aliphatic rings. The van der Waals surface area contributed by atoms with Gasteiger partial charge >= 0.3 is 5.97 Å². The van der Waals surface area contributed by atoms with Gasteiger partial charge in [0.1, 0.15) is 18.1 Å². The first-order chi connectivity index (χ1) is 11.7. The lowest BCUT2D eigenvalue weighted by molar-refractivity contribution is -0.347. The predicted molar refractivity (Wildman–Crippen MR) is 92.1 cm³/mol. The van der Waals surface area contributed by atoms with Crippen molar-refractivity contribution in [3.8, 4) is 11.5 Å². The number of fused-ring (bicyclic) bond motifs is 1. The lowest BCUT2D eigenvalue weighted by Crippen LogP contribution is -2.45. The third kappa shape index (κ3) is 3.89. The van der Waals surface area contributed by atoms with Gasteiger partial charge in [0.2, 0.25) is 0 Å². The van der Waals surface area contributed by atoms with E-state index in [9.17, 15) is 0 Å². The van der Waals surface area contributed by atoms with Gasteiger partial charge in [0.15, 0.2) is 0 Å².